The molecule has 130 valence electrons. The van der Waals surface area contributed by atoms with Crippen LogP contribution in [0.4, 0.5) is 5.13 Å². The number of thiazole rings is 1. The predicted molar refractivity (Wildman–Crippen MR) is 105 cm³/mol. The van der Waals surface area contributed by atoms with Crippen LogP contribution in [0.2, 0.25) is 0 Å². The van der Waals surface area contributed by atoms with E-state index in [0.717, 1.165) is 14.4 Å². The molecule has 0 aliphatic carbocycles. The first-order valence-corrected chi connectivity index (χ1v) is 11.4. The van der Waals surface area contributed by atoms with Gasteiger partial charge < -0.3 is 5.32 Å². The van der Waals surface area contributed by atoms with Gasteiger partial charge in [0.05, 0.1) is 25.0 Å². The van der Waals surface area contributed by atoms with Crippen LogP contribution in [0.25, 0.3) is 10.6 Å². The van der Waals surface area contributed by atoms with Crippen molar-refractivity contribution in [3.05, 3.63) is 51.6 Å². The molecule has 0 spiro atoms. The van der Waals surface area contributed by atoms with E-state index in [0.29, 0.717) is 5.13 Å². The zero-order chi connectivity index (χ0) is 17.9. The van der Waals surface area contributed by atoms with E-state index in [1.54, 1.807) is 29.5 Å². The van der Waals surface area contributed by atoms with E-state index in [4.69, 9.17) is 0 Å². The van der Waals surface area contributed by atoms with Gasteiger partial charge in [0.15, 0.2) is 15.0 Å². The molecule has 0 radical (unpaired) electrons. The number of anilines is 1. The number of carbonyl (C=O) groups is 1. The topological polar surface area (TPSA) is 76.1 Å². The van der Waals surface area contributed by atoms with E-state index in [9.17, 15) is 13.2 Å². The van der Waals surface area contributed by atoms with Crippen LogP contribution in [-0.4, -0.2) is 25.1 Å². The van der Waals surface area contributed by atoms with Crippen LogP contribution < -0.4 is 5.32 Å². The van der Waals surface area contributed by atoms with Crippen LogP contribution in [0.15, 0.2) is 56.5 Å². The minimum atomic E-state index is -3.46. The Kier molecular flexibility index (Phi) is 5.67. The Labute approximate surface area is 161 Å². The number of hydrogen-bond acceptors (Lipinski definition) is 6. The lowest BCUT2D eigenvalue weighted by Gasteiger charge is -2.04. The molecule has 3 aromatic rings. The number of carbonyl (C=O) groups excluding carboxylic acids is 1. The lowest BCUT2D eigenvalue weighted by atomic mass is 10.4. The monoisotopic (exact) mass is 456 g/mol. The quantitative estimate of drug-likeness (QED) is 0.594. The summed E-state index contributed by atoms with van der Waals surface area (Å²) >= 11 is 6.27. The van der Waals surface area contributed by atoms with E-state index >= 15 is 0 Å². The van der Waals surface area contributed by atoms with E-state index in [1.807, 2.05) is 17.5 Å². The molecule has 0 unspecified atom stereocenters. The Hall–Kier alpha value is -1.55. The Morgan fingerprint density at radius 3 is 2.60 bits per heavy atom. The summed E-state index contributed by atoms with van der Waals surface area (Å²) in [4.78, 5) is 17.6. The summed E-state index contributed by atoms with van der Waals surface area (Å²) in [6.45, 7) is 0. The van der Waals surface area contributed by atoms with Crippen molar-refractivity contribution in [2.75, 3.05) is 11.1 Å². The fraction of sp³-hybridized carbons (Fsp3) is 0.125. The van der Waals surface area contributed by atoms with Crippen LogP contribution in [0.3, 0.4) is 0 Å². The van der Waals surface area contributed by atoms with E-state index in [-0.39, 0.29) is 23.0 Å². The highest BCUT2D eigenvalue weighted by molar-refractivity contribution is 9.11. The van der Waals surface area contributed by atoms with Gasteiger partial charge in [-0.1, -0.05) is 18.2 Å². The van der Waals surface area contributed by atoms with Gasteiger partial charge >= 0.3 is 0 Å². The zero-order valence-corrected chi connectivity index (χ0v) is 16.8. The first kappa shape index (κ1) is 18.2. The van der Waals surface area contributed by atoms with Gasteiger partial charge in [0.25, 0.3) is 0 Å². The van der Waals surface area contributed by atoms with Gasteiger partial charge in [0.1, 0.15) is 0 Å². The first-order valence-electron chi connectivity index (χ1n) is 7.23. The molecule has 2 heterocycles. The molecule has 1 aromatic carbocycles. The number of hydrogen-bond donors (Lipinski definition) is 1. The number of nitrogens with one attached hydrogen (secondary N) is 1. The van der Waals surface area contributed by atoms with Crippen molar-refractivity contribution in [3.8, 4) is 10.6 Å². The summed E-state index contributed by atoms with van der Waals surface area (Å²) < 4.78 is 25.4. The number of halogens is 1. The minimum absolute atomic E-state index is 0.114. The molecule has 0 aliphatic heterocycles. The van der Waals surface area contributed by atoms with E-state index < -0.39 is 9.84 Å². The van der Waals surface area contributed by atoms with Gasteiger partial charge in [0, 0.05) is 11.8 Å². The molecule has 0 bridgehead atoms. The largest absolute Gasteiger partial charge is 0.302 e. The fourth-order valence-corrected chi connectivity index (χ4v) is 5.46. The van der Waals surface area contributed by atoms with Crippen molar-refractivity contribution >= 4 is 59.5 Å². The van der Waals surface area contributed by atoms with Crippen LogP contribution in [0.5, 0.6) is 0 Å². The Bertz CT molecular complexity index is 981. The van der Waals surface area contributed by atoms with Crippen molar-refractivity contribution in [2.45, 2.75) is 11.3 Å². The molecule has 3 rings (SSSR count). The molecule has 9 heteroatoms. The second-order valence-electron chi connectivity index (χ2n) is 5.07. The molecular weight excluding hydrogens is 444 g/mol. The van der Waals surface area contributed by atoms with Crippen molar-refractivity contribution in [3.63, 3.8) is 0 Å². The maximum absolute atomic E-state index is 12.2. The number of sulfone groups is 1. The second-order valence-corrected chi connectivity index (χ2v) is 10.5. The molecule has 0 saturated carbocycles. The molecule has 0 atom stereocenters. The number of aromatic nitrogens is 1. The van der Waals surface area contributed by atoms with Gasteiger partial charge in [0.2, 0.25) is 5.91 Å². The van der Waals surface area contributed by atoms with Crippen LogP contribution in [0.1, 0.15) is 6.42 Å². The Morgan fingerprint density at radius 1 is 1.16 bits per heavy atom. The number of thiophene rings is 1. The third-order valence-electron chi connectivity index (χ3n) is 3.28. The van der Waals surface area contributed by atoms with Crippen molar-refractivity contribution in [2.24, 2.45) is 0 Å². The van der Waals surface area contributed by atoms with E-state index in [2.05, 4.69) is 26.2 Å². The molecule has 2 aromatic heterocycles. The summed E-state index contributed by atoms with van der Waals surface area (Å²) in [5, 5.41) is 4.98. The average Bonchev–Trinajstić information content (AvgIpc) is 3.23. The molecule has 0 aliphatic rings. The normalized spacial score (nSPS) is 11.4. The lowest BCUT2D eigenvalue weighted by molar-refractivity contribution is -0.115. The number of benzene rings is 1. The van der Waals surface area contributed by atoms with Crippen LogP contribution >= 0.6 is 38.6 Å². The standard InChI is InChI=1S/C16H13BrN2O3S3/c17-14-7-6-13(24-14)12-10-23-16(18-12)19-15(20)8-9-25(21,22)11-4-2-1-3-5-11/h1-7,10H,8-9H2,(H,18,19,20). The summed E-state index contributed by atoms with van der Waals surface area (Å²) in [5.41, 5.74) is 0.785. The number of amides is 1. The summed E-state index contributed by atoms with van der Waals surface area (Å²) in [6, 6.07) is 12.0. The Balaban J connectivity index is 1.59. The highest BCUT2D eigenvalue weighted by atomic mass is 79.9. The van der Waals surface area contributed by atoms with Gasteiger partial charge in [-0.3, -0.25) is 4.79 Å². The van der Waals surface area contributed by atoms with Gasteiger partial charge in [-0.2, -0.15) is 0 Å². The van der Waals surface area contributed by atoms with Crippen molar-refractivity contribution in [1.82, 2.24) is 4.98 Å². The van der Waals surface area contributed by atoms with Gasteiger partial charge in [-0.15, -0.1) is 22.7 Å². The molecule has 1 N–H and O–H groups in total. The van der Waals surface area contributed by atoms with Gasteiger partial charge in [-0.25, -0.2) is 13.4 Å². The minimum Gasteiger partial charge on any atom is -0.302 e. The summed E-state index contributed by atoms with van der Waals surface area (Å²) in [6.07, 6.45) is -0.114. The van der Waals surface area contributed by atoms with Crippen molar-refractivity contribution in [1.29, 1.82) is 0 Å². The van der Waals surface area contributed by atoms with Crippen molar-refractivity contribution < 1.29 is 13.2 Å². The molecular formula is C16H13BrN2O3S3. The summed E-state index contributed by atoms with van der Waals surface area (Å²) in [5.74, 6) is -0.605. The Morgan fingerprint density at radius 2 is 1.92 bits per heavy atom. The highest BCUT2D eigenvalue weighted by Crippen LogP contribution is 2.33. The fourth-order valence-electron chi connectivity index (χ4n) is 2.05. The first-order chi connectivity index (χ1) is 11.9. The molecule has 25 heavy (non-hydrogen) atoms. The second kappa shape index (κ2) is 7.77. The highest BCUT2D eigenvalue weighted by Gasteiger charge is 2.17. The van der Waals surface area contributed by atoms with Crippen LogP contribution in [0, 0.1) is 0 Å². The molecule has 1 amide bonds. The third kappa shape index (κ3) is 4.75. The SMILES string of the molecule is O=C(CCS(=O)(=O)c1ccccc1)Nc1nc(-c2ccc(Br)s2)cs1. The van der Waals surface area contributed by atoms with Crippen LogP contribution in [-0.2, 0) is 14.6 Å². The predicted octanol–water partition coefficient (Wildman–Crippen LogP) is 4.44. The molecule has 0 fully saturated rings. The number of rotatable bonds is 6. The maximum Gasteiger partial charge on any atom is 0.227 e. The van der Waals surface area contributed by atoms with E-state index in [1.165, 1.54) is 23.5 Å². The molecule has 5 nitrogen and oxygen atoms in total. The average molecular weight is 457 g/mol. The smallest absolute Gasteiger partial charge is 0.227 e. The van der Waals surface area contributed by atoms with Gasteiger partial charge in [-0.05, 0) is 40.2 Å². The third-order valence-corrected chi connectivity index (χ3v) is 7.41. The lowest BCUT2D eigenvalue weighted by Crippen LogP contribution is -2.17. The maximum atomic E-state index is 12.2. The zero-order valence-electron chi connectivity index (χ0n) is 12.8. The molecule has 0 saturated heterocycles. The summed E-state index contributed by atoms with van der Waals surface area (Å²) in [7, 11) is -3.46. The number of nitrogens with zero attached hydrogens (tertiary/aromatic N) is 1.